The summed E-state index contributed by atoms with van der Waals surface area (Å²) in [6, 6.07) is 0. The standard InChI is InChI=1S/C6H10O3/c1-2-3-5(4-7)6(8)9/h4,7H,2-3H2,1H3,(H,8,9)/b5-4+. The number of rotatable bonds is 3. The Labute approximate surface area is 53.6 Å². The largest absolute Gasteiger partial charge is 0.515 e. The van der Waals surface area contributed by atoms with Gasteiger partial charge in [-0.15, -0.1) is 0 Å². The molecule has 0 aliphatic carbocycles. The van der Waals surface area contributed by atoms with Crippen molar-refractivity contribution in [2.75, 3.05) is 0 Å². The van der Waals surface area contributed by atoms with Crippen LogP contribution in [0.3, 0.4) is 0 Å². The van der Waals surface area contributed by atoms with Gasteiger partial charge in [0, 0.05) is 0 Å². The van der Waals surface area contributed by atoms with E-state index in [4.69, 9.17) is 10.2 Å². The summed E-state index contributed by atoms with van der Waals surface area (Å²) in [5.74, 6) is -1.04. The molecular formula is C6H10O3. The van der Waals surface area contributed by atoms with Crippen molar-refractivity contribution in [3.8, 4) is 0 Å². The molecule has 0 heterocycles. The monoisotopic (exact) mass is 130 g/mol. The highest BCUT2D eigenvalue weighted by Gasteiger charge is 2.03. The maximum Gasteiger partial charge on any atom is 0.334 e. The lowest BCUT2D eigenvalue weighted by atomic mass is 10.2. The van der Waals surface area contributed by atoms with Gasteiger partial charge in [0.1, 0.15) is 0 Å². The average molecular weight is 130 g/mol. The second-order valence-electron chi connectivity index (χ2n) is 1.71. The molecule has 0 atom stereocenters. The van der Waals surface area contributed by atoms with Crippen molar-refractivity contribution in [3.63, 3.8) is 0 Å². The second kappa shape index (κ2) is 3.95. The maximum atomic E-state index is 10.1. The van der Waals surface area contributed by atoms with Crippen molar-refractivity contribution in [3.05, 3.63) is 11.8 Å². The van der Waals surface area contributed by atoms with E-state index in [9.17, 15) is 4.79 Å². The molecule has 0 bridgehead atoms. The number of hydrogen-bond acceptors (Lipinski definition) is 2. The van der Waals surface area contributed by atoms with Crippen LogP contribution in [0, 0.1) is 0 Å². The fourth-order valence-electron chi connectivity index (χ4n) is 0.496. The Morgan fingerprint density at radius 2 is 2.22 bits per heavy atom. The van der Waals surface area contributed by atoms with E-state index in [2.05, 4.69) is 0 Å². The zero-order chi connectivity index (χ0) is 7.28. The number of aliphatic hydroxyl groups is 1. The first-order valence-corrected chi connectivity index (χ1v) is 2.79. The molecule has 0 saturated heterocycles. The fourth-order valence-corrected chi connectivity index (χ4v) is 0.496. The summed E-state index contributed by atoms with van der Waals surface area (Å²) >= 11 is 0. The van der Waals surface area contributed by atoms with E-state index < -0.39 is 5.97 Å². The van der Waals surface area contributed by atoms with Crippen LogP contribution >= 0.6 is 0 Å². The van der Waals surface area contributed by atoms with Crippen LogP contribution in [0.1, 0.15) is 19.8 Å². The minimum Gasteiger partial charge on any atom is -0.515 e. The first-order chi connectivity index (χ1) is 4.22. The van der Waals surface area contributed by atoms with Gasteiger partial charge in [-0.05, 0) is 6.42 Å². The topological polar surface area (TPSA) is 57.5 Å². The Kier molecular flexibility index (Phi) is 3.51. The lowest BCUT2D eigenvalue weighted by molar-refractivity contribution is -0.132. The molecule has 0 saturated carbocycles. The van der Waals surface area contributed by atoms with E-state index in [1.807, 2.05) is 6.92 Å². The van der Waals surface area contributed by atoms with Crippen molar-refractivity contribution < 1.29 is 15.0 Å². The van der Waals surface area contributed by atoms with E-state index in [1.165, 1.54) is 0 Å². The number of carboxylic acid groups (broad SMARTS) is 1. The van der Waals surface area contributed by atoms with E-state index in [-0.39, 0.29) is 5.57 Å². The fraction of sp³-hybridized carbons (Fsp3) is 0.500. The van der Waals surface area contributed by atoms with Crippen LogP contribution in [0.15, 0.2) is 11.8 Å². The molecule has 0 rings (SSSR count). The third-order valence-corrected chi connectivity index (χ3v) is 0.950. The molecule has 0 aromatic rings. The summed E-state index contributed by atoms with van der Waals surface area (Å²) in [6.07, 6.45) is 1.80. The van der Waals surface area contributed by atoms with Gasteiger partial charge in [-0.3, -0.25) is 0 Å². The van der Waals surface area contributed by atoms with Crippen molar-refractivity contribution in [1.29, 1.82) is 0 Å². The van der Waals surface area contributed by atoms with E-state index in [0.29, 0.717) is 12.7 Å². The Morgan fingerprint density at radius 1 is 1.67 bits per heavy atom. The third kappa shape index (κ3) is 2.74. The molecule has 3 heteroatoms. The van der Waals surface area contributed by atoms with Crippen LogP contribution in [-0.4, -0.2) is 16.2 Å². The minimum atomic E-state index is -1.04. The van der Waals surface area contributed by atoms with Crippen LogP contribution in [0.2, 0.25) is 0 Å². The second-order valence-corrected chi connectivity index (χ2v) is 1.71. The summed E-state index contributed by atoms with van der Waals surface area (Å²) in [6.45, 7) is 1.85. The summed E-state index contributed by atoms with van der Waals surface area (Å²) < 4.78 is 0. The first kappa shape index (κ1) is 8.01. The van der Waals surface area contributed by atoms with E-state index >= 15 is 0 Å². The Bertz CT molecular complexity index is 126. The number of carboxylic acids is 1. The zero-order valence-electron chi connectivity index (χ0n) is 5.29. The van der Waals surface area contributed by atoms with Gasteiger partial charge in [-0.25, -0.2) is 4.79 Å². The van der Waals surface area contributed by atoms with Crippen LogP contribution in [0.25, 0.3) is 0 Å². The van der Waals surface area contributed by atoms with Gasteiger partial charge in [-0.1, -0.05) is 13.3 Å². The van der Waals surface area contributed by atoms with Gasteiger partial charge < -0.3 is 10.2 Å². The predicted molar refractivity (Wildman–Crippen MR) is 33.3 cm³/mol. The summed E-state index contributed by atoms with van der Waals surface area (Å²) in [7, 11) is 0. The highest BCUT2D eigenvalue weighted by Crippen LogP contribution is 2.02. The third-order valence-electron chi connectivity index (χ3n) is 0.950. The predicted octanol–water partition coefficient (Wildman–Crippen LogP) is 1.31. The lowest BCUT2D eigenvalue weighted by Crippen LogP contribution is -1.99. The van der Waals surface area contributed by atoms with Gasteiger partial charge in [0.25, 0.3) is 0 Å². The molecule has 0 radical (unpaired) electrons. The SMILES string of the molecule is CCC/C(=C\O)C(=O)O. The average Bonchev–Trinajstić information content (AvgIpc) is 1.82. The van der Waals surface area contributed by atoms with Crippen molar-refractivity contribution in [1.82, 2.24) is 0 Å². The number of hydrogen-bond donors (Lipinski definition) is 2. The van der Waals surface area contributed by atoms with Gasteiger partial charge in [0.2, 0.25) is 0 Å². The first-order valence-electron chi connectivity index (χ1n) is 2.79. The molecule has 2 N–H and O–H groups in total. The van der Waals surface area contributed by atoms with Crippen molar-refractivity contribution in [2.45, 2.75) is 19.8 Å². The minimum absolute atomic E-state index is 0.0671. The molecule has 0 unspecified atom stereocenters. The maximum absolute atomic E-state index is 10.1. The molecule has 0 spiro atoms. The number of aliphatic carboxylic acids is 1. The highest BCUT2D eigenvalue weighted by atomic mass is 16.4. The smallest absolute Gasteiger partial charge is 0.334 e. The summed E-state index contributed by atoms with van der Waals surface area (Å²) in [5, 5.41) is 16.6. The van der Waals surface area contributed by atoms with E-state index in [0.717, 1.165) is 6.42 Å². The molecule has 52 valence electrons. The van der Waals surface area contributed by atoms with Crippen LogP contribution in [0.5, 0.6) is 0 Å². The summed E-state index contributed by atoms with van der Waals surface area (Å²) in [5.41, 5.74) is 0.0671. The molecule has 0 aromatic carbocycles. The van der Waals surface area contributed by atoms with Gasteiger partial charge in [-0.2, -0.15) is 0 Å². The molecule has 0 aromatic heterocycles. The molecule has 0 aliphatic heterocycles. The Balaban J connectivity index is 3.85. The van der Waals surface area contributed by atoms with Gasteiger partial charge >= 0.3 is 5.97 Å². The molecular weight excluding hydrogens is 120 g/mol. The van der Waals surface area contributed by atoms with Crippen LogP contribution in [0.4, 0.5) is 0 Å². The molecule has 9 heavy (non-hydrogen) atoms. The number of aliphatic hydroxyl groups excluding tert-OH is 1. The zero-order valence-corrected chi connectivity index (χ0v) is 5.29. The quantitative estimate of drug-likeness (QED) is 0.447. The van der Waals surface area contributed by atoms with Crippen LogP contribution in [-0.2, 0) is 4.79 Å². The normalized spacial score (nSPS) is 11.4. The number of carbonyl (C=O) groups is 1. The Morgan fingerprint density at radius 3 is 2.33 bits per heavy atom. The van der Waals surface area contributed by atoms with Gasteiger partial charge in [0.05, 0.1) is 11.8 Å². The Hall–Kier alpha value is -0.990. The van der Waals surface area contributed by atoms with Gasteiger partial charge in [0.15, 0.2) is 0 Å². The van der Waals surface area contributed by atoms with Crippen molar-refractivity contribution in [2.24, 2.45) is 0 Å². The molecule has 0 aliphatic rings. The molecule has 0 fully saturated rings. The molecule has 0 amide bonds. The van der Waals surface area contributed by atoms with Crippen molar-refractivity contribution >= 4 is 5.97 Å². The van der Waals surface area contributed by atoms with E-state index in [1.54, 1.807) is 0 Å². The lowest BCUT2D eigenvalue weighted by Gasteiger charge is -1.93. The highest BCUT2D eigenvalue weighted by molar-refractivity contribution is 5.86. The summed E-state index contributed by atoms with van der Waals surface area (Å²) in [4.78, 5) is 10.1. The van der Waals surface area contributed by atoms with Crippen LogP contribution < -0.4 is 0 Å². The molecule has 3 nitrogen and oxygen atoms in total.